The molecule has 0 spiro atoms. The van der Waals surface area contributed by atoms with E-state index in [0.29, 0.717) is 5.82 Å². The molecule has 1 aromatic heterocycles. The predicted molar refractivity (Wildman–Crippen MR) is 247 cm³/mol. The number of para-hydroxylation sites is 2. The first-order valence-corrected chi connectivity index (χ1v) is 20.2. The van der Waals surface area contributed by atoms with Crippen molar-refractivity contribution in [1.82, 2.24) is 15.0 Å². The van der Waals surface area contributed by atoms with Crippen LogP contribution in [-0.4, -0.2) is 21.7 Å². The van der Waals surface area contributed by atoms with Crippen LogP contribution in [0.1, 0.15) is 0 Å². The normalized spacial score (nSPS) is 13.3. The molecule has 14 rings (SSSR count). The molecule has 6 heteroatoms. The number of aromatic nitrogens is 3. The lowest BCUT2D eigenvalue weighted by atomic mass is 9.32. The number of anilines is 6. The lowest BCUT2D eigenvalue weighted by Crippen LogP contribution is -2.61. The number of hydrogen-bond donors (Lipinski definition) is 0. The number of rotatable bonds is 3. The van der Waals surface area contributed by atoms with Crippen molar-refractivity contribution in [3.8, 4) is 11.4 Å². The van der Waals surface area contributed by atoms with Crippen molar-refractivity contribution in [2.75, 3.05) is 9.80 Å². The van der Waals surface area contributed by atoms with Crippen LogP contribution in [0.3, 0.4) is 0 Å². The monoisotopic (exact) mass is 747 g/mol. The standard InChI is InChI=1S/C53H30BN5/c1-3-13-38(14-4-1)58-42-25-35-19-17-31-9-7-11-33-21-23-40(48(35)46(31)33)50(42)54-51-41-24-22-34-12-8-10-32-18-20-36(49(41)47(32)34)26-43(51)59(39-15-5-2-6-16-39)45-28-37(27-44(58)52(45)54)53-56-29-55-30-57-53/h1-30H. The quantitative estimate of drug-likeness (QED) is 0.133. The van der Waals surface area contributed by atoms with E-state index in [1.807, 2.05) is 0 Å². The Morgan fingerprint density at radius 3 is 1.25 bits per heavy atom. The summed E-state index contributed by atoms with van der Waals surface area (Å²) in [6.45, 7) is -0.105. The Hall–Kier alpha value is -7.83. The molecule has 270 valence electrons. The Balaban J connectivity index is 1.23. The molecule has 0 radical (unpaired) electrons. The second-order valence-electron chi connectivity index (χ2n) is 16.0. The molecule has 2 aliphatic heterocycles. The van der Waals surface area contributed by atoms with Gasteiger partial charge < -0.3 is 9.80 Å². The maximum absolute atomic E-state index is 4.72. The molecule has 2 aliphatic rings. The van der Waals surface area contributed by atoms with Crippen LogP contribution in [0.15, 0.2) is 183 Å². The minimum absolute atomic E-state index is 0.105. The Morgan fingerprint density at radius 1 is 0.356 bits per heavy atom. The molecule has 3 heterocycles. The molecule has 11 aromatic carbocycles. The fourth-order valence-corrected chi connectivity index (χ4v) is 10.8. The molecule has 0 saturated heterocycles. The van der Waals surface area contributed by atoms with Crippen molar-refractivity contribution in [3.63, 3.8) is 0 Å². The molecule has 5 nitrogen and oxygen atoms in total. The van der Waals surface area contributed by atoms with Gasteiger partial charge in [0.1, 0.15) is 12.7 Å². The van der Waals surface area contributed by atoms with Crippen LogP contribution in [-0.2, 0) is 0 Å². The molecule has 59 heavy (non-hydrogen) atoms. The van der Waals surface area contributed by atoms with Gasteiger partial charge in [-0.25, -0.2) is 15.0 Å². The largest absolute Gasteiger partial charge is 0.311 e. The molecular formula is C53H30BN5. The summed E-state index contributed by atoms with van der Waals surface area (Å²) in [6, 6.07) is 63.3. The zero-order chi connectivity index (χ0) is 38.3. The first-order chi connectivity index (χ1) is 29.3. The van der Waals surface area contributed by atoms with Crippen LogP contribution in [0.5, 0.6) is 0 Å². The van der Waals surface area contributed by atoms with Gasteiger partial charge in [-0.15, -0.1) is 0 Å². The zero-order valence-corrected chi connectivity index (χ0v) is 31.6. The van der Waals surface area contributed by atoms with Crippen LogP contribution in [0.2, 0.25) is 0 Å². The molecular weight excluding hydrogens is 717 g/mol. The Bertz CT molecular complexity index is 3430. The summed E-state index contributed by atoms with van der Waals surface area (Å²) in [6.07, 6.45) is 3.18. The van der Waals surface area contributed by atoms with Crippen LogP contribution < -0.4 is 26.2 Å². The summed E-state index contributed by atoms with van der Waals surface area (Å²) >= 11 is 0. The molecule has 0 aliphatic carbocycles. The molecule has 0 amide bonds. The highest BCUT2D eigenvalue weighted by Crippen LogP contribution is 2.50. The Labute approximate surface area is 339 Å². The summed E-state index contributed by atoms with van der Waals surface area (Å²) in [5, 5.41) is 15.4. The average molecular weight is 748 g/mol. The predicted octanol–water partition coefficient (Wildman–Crippen LogP) is 11.4. The fraction of sp³-hybridized carbons (Fsp3) is 0. The maximum Gasteiger partial charge on any atom is 0.253 e. The first-order valence-electron chi connectivity index (χ1n) is 20.2. The molecule has 0 bridgehead atoms. The smallest absolute Gasteiger partial charge is 0.253 e. The summed E-state index contributed by atoms with van der Waals surface area (Å²) in [5.74, 6) is 0.638. The fourth-order valence-electron chi connectivity index (χ4n) is 10.8. The van der Waals surface area contributed by atoms with Gasteiger partial charge in [-0.2, -0.15) is 0 Å². The SMILES string of the molecule is c1ccc(N2c3cc(-c4ncncn4)cc4c3B(c3c2cc2ccc5cccc6ccc3c2c56)c2c(cc3ccc5cccc6ccc2c3c56)N4c2ccccc2)cc1. The number of nitrogens with zero attached hydrogens (tertiary/aromatic N) is 5. The lowest BCUT2D eigenvalue weighted by molar-refractivity contribution is 1.05. The number of fused-ring (bicyclic) bond motifs is 6. The van der Waals surface area contributed by atoms with Gasteiger partial charge >= 0.3 is 0 Å². The summed E-state index contributed by atoms with van der Waals surface area (Å²) < 4.78 is 0. The van der Waals surface area contributed by atoms with Gasteiger partial charge in [0.25, 0.3) is 6.71 Å². The summed E-state index contributed by atoms with van der Waals surface area (Å²) in [5.41, 5.74) is 11.6. The van der Waals surface area contributed by atoms with Crippen molar-refractivity contribution in [3.05, 3.63) is 183 Å². The van der Waals surface area contributed by atoms with Crippen molar-refractivity contribution in [1.29, 1.82) is 0 Å². The van der Waals surface area contributed by atoms with E-state index < -0.39 is 0 Å². The van der Waals surface area contributed by atoms with Gasteiger partial charge in [0, 0.05) is 39.7 Å². The van der Waals surface area contributed by atoms with E-state index in [0.717, 1.165) is 28.3 Å². The van der Waals surface area contributed by atoms with Crippen molar-refractivity contribution >= 4 is 122 Å². The van der Waals surface area contributed by atoms with E-state index in [4.69, 9.17) is 9.97 Å². The summed E-state index contributed by atoms with van der Waals surface area (Å²) in [4.78, 5) is 18.6. The highest BCUT2D eigenvalue weighted by atomic mass is 15.2. The van der Waals surface area contributed by atoms with Crippen LogP contribution in [0, 0.1) is 0 Å². The second-order valence-corrected chi connectivity index (χ2v) is 16.0. The van der Waals surface area contributed by atoms with E-state index in [1.165, 1.54) is 92.4 Å². The summed E-state index contributed by atoms with van der Waals surface area (Å²) in [7, 11) is 0. The van der Waals surface area contributed by atoms with Crippen molar-refractivity contribution in [2.24, 2.45) is 0 Å². The Morgan fingerprint density at radius 2 is 0.780 bits per heavy atom. The van der Waals surface area contributed by atoms with Gasteiger partial charge in [-0.05, 0) is 130 Å². The van der Waals surface area contributed by atoms with Gasteiger partial charge in [0.05, 0.1) is 0 Å². The maximum atomic E-state index is 4.72. The van der Waals surface area contributed by atoms with Gasteiger partial charge in [0.15, 0.2) is 5.82 Å². The molecule has 0 unspecified atom stereocenters. The molecule has 0 saturated carbocycles. The zero-order valence-electron chi connectivity index (χ0n) is 31.6. The lowest BCUT2D eigenvalue weighted by Gasteiger charge is -2.45. The molecule has 0 fully saturated rings. The first kappa shape index (κ1) is 31.3. The van der Waals surface area contributed by atoms with Crippen molar-refractivity contribution < 1.29 is 0 Å². The topological polar surface area (TPSA) is 45.2 Å². The van der Waals surface area contributed by atoms with Crippen molar-refractivity contribution in [2.45, 2.75) is 0 Å². The minimum atomic E-state index is -0.105. The third-order valence-electron chi connectivity index (χ3n) is 13.1. The Kier molecular flexibility index (Phi) is 6.04. The minimum Gasteiger partial charge on any atom is -0.311 e. The van der Waals surface area contributed by atoms with E-state index in [-0.39, 0.29) is 6.71 Å². The van der Waals surface area contributed by atoms with Crippen LogP contribution in [0.4, 0.5) is 34.1 Å². The molecule has 0 N–H and O–H groups in total. The van der Waals surface area contributed by atoms with E-state index >= 15 is 0 Å². The number of benzene rings is 11. The van der Waals surface area contributed by atoms with Gasteiger partial charge in [-0.1, -0.05) is 121 Å². The average Bonchev–Trinajstić information content (AvgIpc) is 3.30. The molecule has 12 aromatic rings. The van der Waals surface area contributed by atoms with Crippen LogP contribution in [0.25, 0.3) is 76.0 Å². The van der Waals surface area contributed by atoms with Gasteiger partial charge in [0.2, 0.25) is 0 Å². The van der Waals surface area contributed by atoms with E-state index in [1.54, 1.807) is 12.7 Å². The van der Waals surface area contributed by atoms with E-state index in [2.05, 4.69) is 185 Å². The highest BCUT2D eigenvalue weighted by Gasteiger charge is 2.46. The van der Waals surface area contributed by atoms with Crippen LogP contribution >= 0.6 is 0 Å². The second kappa shape index (κ2) is 11.4. The number of hydrogen-bond acceptors (Lipinski definition) is 5. The third kappa shape index (κ3) is 4.12. The third-order valence-corrected chi connectivity index (χ3v) is 13.1. The van der Waals surface area contributed by atoms with E-state index in [9.17, 15) is 0 Å². The molecule has 0 atom stereocenters. The highest BCUT2D eigenvalue weighted by molar-refractivity contribution is 7.03. The van der Waals surface area contributed by atoms with Gasteiger partial charge in [-0.3, -0.25) is 0 Å².